The lowest BCUT2D eigenvalue weighted by molar-refractivity contribution is -0.114. The highest BCUT2D eigenvalue weighted by atomic mass is 35.5. The maximum absolute atomic E-state index is 12.6. The van der Waals surface area contributed by atoms with Gasteiger partial charge in [-0.05, 0) is 61.2 Å². The zero-order chi connectivity index (χ0) is 20.7. The van der Waals surface area contributed by atoms with Gasteiger partial charge in [-0.3, -0.25) is 10.2 Å². The van der Waals surface area contributed by atoms with Crippen molar-refractivity contribution in [2.45, 2.75) is 20.8 Å². The number of hydrogen-bond donors (Lipinski definition) is 1. The summed E-state index contributed by atoms with van der Waals surface area (Å²) in [6, 6.07) is 9.60. The predicted molar refractivity (Wildman–Crippen MR) is 123 cm³/mol. The Morgan fingerprint density at radius 2 is 2.07 bits per heavy atom. The second-order valence-corrected chi connectivity index (χ2v) is 9.31. The molecule has 2 aliphatic rings. The van der Waals surface area contributed by atoms with E-state index in [1.54, 1.807) is 17.8 Å². The van der Waals surface area contributed by atoms with Crippen molar-refractivity contribution in [2.24, 2.45) is 10.1 Å². The number of aryl methyl sites for hydroxylation is 1. The van der Waals surface area contributed by atoms with E-state index in [1.165, 1.54) is 16.8 Å². The molecule has 1 amide bonds. The van der Waals surface area contributed by atoms with Crippen molar-refractivity contribution in [2.75, 3.05) is 5.75 Å². The van der Waals surface area contributed by atoms with Gasteiger partial charge in [0.05, 0.1) is 16.3 Å². The summed E-state index contributed by atoms with van der Waals surface area (Å²) in [6.07, 6.45) is 1.71. The summed E-state index contributed by atoms with van der Waals surface area (Å²) < 4.78 is 2.84. The lowest BCUT2D eigenvalue weighted by atomic mass is 10.1. The number of para-hydroxylation sites is 1. The topological polar surface area (TPSA) is 73.8 Å². The van der Waals surface area contributed by atoms with E-state index in [2.05, 4.69) is 10.1 Å². The second kappa shape index (κ2) is 7.85. The van der Waals surface area contributed by atoms with Crippen molar-refractivity contribution in [3.05, 3.63) is 57.9 Å². The van der Waals surface area contributed by atoms with E-state index in [4.69, 9.17) is 17.0 Å². The quantitative estimate of drug-likeness (QED) is 0.671. The van der Waals surface area contributed by atoms with Gasteiger partial charge in [0, 0.05) is 11.4 Å². The number of carbonyl (C=O) groups excluding carboxylic acids is 1. The number of carbonyl (C=O) groups is 1. The van der Waals surface area contributed by atoms with E-state index in [0.717, 1.165) is 32.8 Å². The minimum Gasteiger partial charge on any atom is -0.316 e. The van der Waals surface area contributed by atoms with E-state index in [9.17, 15) is 4.79 Å². The number of aromatic nitrogens is 1. The van der Waals surface area contributed by atoms with Gasteiger partial charge in [0.1, 0.15) is 0 Å². The van der Waals surface area contributed by atoms with Crippen LogP contribution in [0.5, 0.6) is 0 Å². The third-order valence-electron chi connectivity index (χ3n) is 4.57. The molecule has 9 heteroatoms. The summed E-state index contributed by atoms with van der Waals surface area (Å²) in [6.45, 7) is 5.98. The van der Waals surface area contributed by atoms with Crippen molar-refractivity contribution in [3.8, 4) is 5.69 Å². The molecule has 0 unspecified atom stereocenters. The van der Waals surface area contributed by atoms with E-state index >= 15 is 0 Å². The number of halogens is 1. The maximum Gasteiger partial charge on any atom is 0.283 e. The van der Waals surface area contributed by atoms with E-state index in [-0.39, 0.29) is 11.4 Å². The zero-order valence-electron chi connectivity index (χ0n) is 16.1. The molecule has 1 aromatic carbocycles. The average molecular weight is 444 g/mol. The van der Waals surface area contributed by atoms with Gasteiger partial charge >= 0.3 is 0 Å². The number of aliphatic imine (C=N–C) groups is 1. The molecule has 0 atom stereocenters. The Morgan fingerprint density at radius 1 is 1.31 bits per heavy atom. The number of nitrogens with one attached hydrogen (secondary N) is 1. The van der Waals surface area contributed by atoms with Crippen LogP contribution in [-0.4, -0.2) is 36.6 Å². The van der Waals surface area contributed by atoms with Crippen molar-refractivity contribution in [1.82, 2.24) is 9.58 Å². The number of fused-ring (bicyclic) bond motifs is 1. The summed E-state index contributed by atoms with van der Waals surface area (Å²) in [5.41, 5.74) is 3.85. The molecular weight excluding hydrogens is 426 g/mol. The molecule has 4 rings (SSSR count). The van der Waals surface area contributed by atoms with Crippen LogP contribution in [0.25, 0.3) is 11.8 Å². The van der Waals surface area contributed by atoms with Crippen LogP contribution in [0.4, 0.5) is 0 Å². The van der Waals surface area contributed by atoms with Crippen LogP contribution in [-0.2, 0) is 4.79 Å². The van der Waals surface area contributed by atoms with Crippen molar-refractivity contribution in [3.63, 3.8) is 0 Å². The van der Waals surface area contributed by atoms with Gasteiger partial charge in [-0.25, -0.2) is 0 Å². The molecule has 0 fully saturated rings. The van der Waals surface area contributed by atoms with Crippen LogP contribution < -0.4 is 0 Å². The first-order chi connectivity index (χ1) is 13.9. The van der Waals surface area contributed by atoms with Crippen LogP contribution in [0.15, 0.2) is 46.0 Å². The molecule has 0 aliphatic carbocycles. The molecule has 3 heterocycles. The SMILES string of the molecule is CCSC1=NN2C(=N)C(=Cc3cc(C)n(-c4ccccc4Cl)c3C)C(=O)N=C2S1. The van der Waals surface area contributed by atoms with Gasteiger partial charge in [-0.1, -0.05) is 42.4 Å². The van der Waals surface area contributed by atoms with Gasteiger partial charge in [-0.2, -0.15) is 10.0 Å². The van der Waals surface area contributed by atoms with Gasteiger partial charge < -0.3 is 4.57 Å². The van der Waals surface area contributed by atoms with Crippen LogP contribution in [0.3, 0.4) is 0 Å². The fraction of sp³-hybridized carbons (Fsp3) is 0.200. The van der Waals surface area contributed by atoms with Crippen LogP contribution in [0.2, 0.25) is 5.02 Å². The van der Waals surface area contributed by atoms with Crippen LogP contribution >= 0.6 is 35.1 Å². The molecule has 0 saturated carbocycles. The number of benzene rings is 1. The Hall–Kier alpha value is -2.29. The molecule has 2 aromatic rings. The third kappa shape index (κ3) is 3.56. The Bertz CT molecular complexity index is 1130. The summed E-state index contributed by atoms with van der Waals surface area (Å²) in [5, 5.41) is 15.4. The van der Waals surface area contributed by atoms with Crippen molar-refractivity contribution < 1.29 is 4.79 Å². The molecule has 29 heavy (non-hydrogen) atoms. The fourth-order valence-electron chi connectivity index (χ4n) is 3.25. The Balaban J connectivity index is 1.74. The largest absolute Gasteiger partial charge is 0.316 e. The van der Waals surface area contributed by atoms with Crippen molar-refractivity contribution in [1.29, 1.82) is 5.41 Å². The number of hydrazone groups is 1. The highest BCUT2D eigenvalue weighted by Gasteiger charge is 2.35. The van der Waals surface area contributed by atoms with E-state index in [1.807, 2.05) is 55.7 Å². The number of thioether (sulfide) groups is 2. The fourth-order valence-corrected chi connectivity index (χ4v) is 5.29. The standard InChI is InChI=1S/C20H18ClN5OS2/c1-4-28-20-24-26-17(22)14(18(27)23-19(26)29-20)10-13-9-11(2)25(12(13)3)16-8-6-5-7-15(16)21/h5-10,22H,4H2,1-3H3. The highest BCUT2D eigenvalue weighted by molar-refractivity contribution is 8.45. The summed E-state index contributed by atoms with van der Waals surface area (Å²) in [5.74, 6) is 0.487. The maximum atomic E-state index is 12.6. The number of hydrogen-bond acceptors (Lipinski definition) is 5. The summed E-state index contributed by atoms with van der Waals surface area (Å²) >= 11 is 9.27. The minimum atomic E-state index is -0.422. The van der Waals surface area contributed by atoms with Crippen LogP contribution in [0.1, 0.15) is 23.9 Å². The molecule has 0 radical (unpaired) electrons. The Morgan fingerprint density at radius 3 is 2.79 bits per heavy atom. The average Bonchev–Trinajstić information content (AvgIpc) is 3.20. The molecule has 148 valence electrons. The number of amidine groups is 2. The molecule has 0 saturated heterocycles. The Labute approximate surface area is 182 Å². The first-order valence-electron chi connectivity index (χ1n) is 8.97. The minimum absolute atomic E-state index is 0.0433. The van der Waals surface area contributed by atoms with Gasteiger partial charge in [0.15, 0.2) is 10.2 Å². The first kappa shape index (κ1) is 20.0. The highest BCUT2D eigenvalue weighted by Crippen LogP contribution is 2.33. The van der Waals surface area contributed by atoms with E-state index < -0.39 is 5.91 Å². The molecule has 0 spiro atoms. The molecule has 0 bridgehead atoms. The van der Waals surface area contributed by atoms with Crippen LogP contribution in [0, 0.1) is 19.3 Å². The number of nitrogens with zero attached hydrogens (tertiary/aromatic N) is 4. The monoisotopic (exact) mass is 443 g/mol. The molecular formula is C20H18ClN5OS2. The molecule has 2 aliphatic heterocycles. The van der Waals surface area contributed by atoms with Crippen molar-refractivity contribution >= 4 is 62.5 Å². The smallest absolute Gasteiger partial charge is 0.283 e. The zero-order valence-corrected chi connectivity index (χ0v) is 18.5. The van der Waals surface area contributed by atoms with Gasteiger partial charge in [0.2, 0.25) is 5.17 Å². The molecule has 6 nitrogen and oxygen atoms in total. The lowest BCUT2D eigenvalue weighted by Gasteiger charge is -2.20. The number of rotatable bonds is 3. The predicted octanol–water partition coefficient (Wildman–Crippen LogP) is 5.08. The number of amides is 1. The lowest BCUT2D eigenvalue weighted by Crippen LogP contribution is -2.35. The normalized spacial score (nSPS) is 17.7. The summed E-state index contributed by atoms with van der Waals surface area (Å²) in [4.78, 5) is 16.8. The second-order valence-electron chi connectivity index (χ2n) is 6.43. The molecule has 1 N–H and O–H groups in total. The van der Waals surface area contributed by atoms with Gasteiger partial charge in [-0.15, -0.1) is 5.10 Å². The molecule has 1 aromatic heterocycles. The third-order valence-corrected chi connectivity index (χ3v) is 6.81. The van der Waals surface area contributed by atoms with E-state index in [0.29, 0.717) is 10.2 Å². The Kier molecular flexibility index (Phi) is 5.42. The first-order valence-corrected chi connectivity index (χ1v) is 11.2. The van der Waals surface area contributed by atoms with Gasteiger partial charge in [0.25, 0.3) is 5.91 Å². The summed E-state index contributed by atoms with van der Waals surface area (Å²) in [7, 11) is 0.